The minimum atomic E-state index is -0.860. The number of hydrogen-bond acceptors (Lipinski definition) is 2. The second-order valence-corrected chi connectivity index (χ2v) is 3.85. The van der Waals surface area contributed by atoms with Crippen molar-refractivity contribution >= 4 is 17.2 Å². The van der Waals surface area contributed by atoms with Gasteiger partial charge in [0.1, 0.15) is 12.2 Å². The van der Waals surface area contributed by atoms with Gasteiger partial charge in [-0.2, -0.15) is 0 Å². The quantitative estimate of drug-likeness (QED) is 0.763. The lowest BCUT2D eigenvalue weighted by atomic mass is 9.97. The summed E-state index contributed by atoms with van der Waals surface area (Å²) < 4.78 is 0. The lowest BCUT2D eigenvalue weighted by Crippen LogP contribution is -2.23. The van der Waals surface area contributed by atoms with Gasteiger partial charge >= 0.3 is 0 Å². The molecule has 1 aliphatic rings. The van der Waals surface area contributed by atoms with Crippen LogP contribution in [0.25, 0.3) is 5.57 Å². The van der Waals surface area contributed by atoms with Gasteiger partial charge < -0.3 is 10.2 Å². The Morgan fingerprint density at radius 3 is 2.47 bits per heavy atom. The first-order valence-electron chi connectivity index (χ1n) is 4.69. The van der Waals surface area contributed by atoms with Crippen LogP contribution in [0.1, 0.15) is 5.56 Å². The molecule has 0 amide bonds. The summed E-state index contributed by atoms with van der Waals surface area (Å²) in [6.45, 7) is 0. The zero-order chi connectivity index (χ0) is 10.8. The molecule has 0 aromatic heterocycles. The second kappa shape index (κ2) is 4.19. The van der Waals surface area contributed by atoms with E-state index in [1.807, 2.05) is 18.2 Å². The maximum Gasteiger partial charge on any atom is 0.102 e. The summed E-state index contributed by atoms with van der Waals surface area (Å²) in [4.78, 5) is 0. The van der Waals surface area contributed by atoms with Crippen molar-refractivity contribution in [1.29, 1.82) is 0 Å². The normalized spacial score (nSPS) is 25.1. The lowest BCUT2D eigenvalue weighted by molar-refractivity contribution is 0.0799. The fourth-order valence-electron chi connectivity index (χ4n) is 1.53. The van der Waals surface area contributed by atoms with Crippen molar-refractivity contribution in [3.63, 3.8) is 0 Å². The van der Waals surface area contributed by atoms with Gasteiger partial charge in [-0.3, -0.25) is 0 Å². The van der Waals surface area contributed by atoms with Crippen LogP contribution in [0, 0.1) is 0 Å². The Kier molecular flexibility index (Phi) is 2.91. The Morgan fingerprint density at radius 1 is 1.07 bits per heavy atom. The Morgan fingerprint density at radius 2 is 1.80 bits per heavy atom. The van der Waals surface area contributed by atoms with Crippen LogP contribution >= 0.6 is 11.6 Å². The van der Waals surface area contributed by atoms with Gasteiger partial charge in [-0.05, 0) is 17.7 Å². The summed E-state index contributed by atoms with van der Waals surface area (Å²) >= 11 is 6.02. The monoisotopic (exact) mass is 222 g/mol. The van der Waals surface area contributed by atoms with Gasteiger partial charge in [0, 0.05) is 10.6 Å². The van der Waals surface area contributed by atoms with Gasteiger partial charge in [0.05, 0.1) is 0 Å². The Balaban J connectivity index is 2.38. The zero-order valence-electron chi connectivity index (χ0n) is 7.97. The van der Waals surface area contributed by atoms with Gasteiger partial charge in [0.15, 0.2) is 0 Å². The molecule has 2 rings (SSSR count). The smallest absolute Gasteiger partial charge is 0.102 e. The van der Waals surface area contributed by atoms with Crippen LogP contribution < -0.4 is 0 Å². The first-order valence-corrected chi connectivity index (χ1v) is 5.07. The van der Waals surface area contributed by atoms with E-state index in [1.165, 1.54) is 0 Å². The Bertz CT molecular complexity index is 423. The lowest BCUT2D eigenvalue weighted by Gasteiger charge is -2.17. The van der Waals surface area contributed by atoms with Gasteiger partial charge in [0.25, 0.3) is 0 Å². The van der Waals surface area contributed by atoms with E-state index < -0.39 is 12.2 Å². The van der Waals surface area contributed by atoms with Crippen molar-refractivity contribution in [3.8, 4) is 0 Å². The Hall–Kier alpha value is -1.09. The summed E-state index contributed by atoms with van der Waals surface area (Å²) in [5, 5.41) is 19.4. The van der Waals surface area contributed by atoms with Gasteiger partial charge in [-0.25, -0.2) is 0 Å². The van der Waals surface area contributed by atoms with Crippen LogP contribution in [-0.4, -0.2) is 22.4 Å². The van der Waals surface area contributed by atoms with E-state index in [0.29, 0.717) is 5.02 Å². The second-order valence-electron chi connectivity index (χ2n) is 3.44. The molecule has 0 saturated heterocycles. The van der Waals surface area contributed by atoms with Crippen LogP contribution in [0.5, 0.6) is 0 Å². The molecule has 78 valence electrons. The molecule has 2 N–H and O–H groups in total. The van der Waals surface area contributed by atoms with Crippen LogP contribution in [0.15, 0.2) is 42.5 Å². The van der Waals surface area contributed by atoms with Crippen molar-refractivity contribution in [2.75, 3.05) is 0 Å². The fourth-order valence-corrected chi connectivity index (χ4v) is 1.77. The SMILES string of the molecule is O[C@@H]1C=C(c2ccccc2Cl)C=C[C@@H]1O. The first kappa shape index (κ1) is 10.4. The zero-order valence-corrected chi connectivity index (χ0v) is 8.72. The molecule has 3 heteroatoms. The third-order valence-corrected chi connectivity index (χ3v) is 2.69. The van der Waals surface area contributed by atoms with Crippen LogP contribution in [0.3, 0.4) is 0 Å². The number of benzene rings is 1. The van der Waals surface area contributed by atoms with E-state index in [0.717, 1.165) is 11.1 Å². The van der Waals surface area contributed by atoms with E-state index in [-0.39, 0.29) is 0 Å². The molecular weight excluding hydrogens is 212 g/mol. The first-order chi connectivity index (χ1) is 7.18. The van der Waals surface area contributed by atoms with Crippen molar-refractivity contribution in [1.82, 2.24) is 0 Å². The molecule has 2 nitrogen and oxygen atoms in total. The number of halogens is 1. The van der Waals surface area contributed by atoms with Crippen LogP contribution in [0.4, 0.5) is 0 Å². The van der Waals surface area contributed by atoms with E-state index in [9.17, 15) is 10.2 Å². The summed E-state index contributed by atoms with van der Waals surface area (Å²) in [7, 11) is 0. The van der Waals surface area contributed by atoms with Crippen molar-refractivity contribution in [3.05, 3.63) is 53.1 Å². The van der Waals surface area contributed by atoms with Crippen LogP contribution in [-0.2, 0) is 0 Å². The van der Waals surface area contributed by atoms with E-state index in [1.54, 1.807) is 24.3 Å². The van der Waals surface area contributed by atoms with Gasteiger partial charge in [-0.1, -0.05) is 42.0 Å². The highest BCUT2D eigenvalue weighted by Gasteiger charge is 2.16. The van der Waals surface area contributed by atoms with Crippen molar-refractivity contribution < 1.29 is 10.2 Å². The molecule has 15 heavy (non-hydrogen) atoms. The molecule has 0 aliphatic heterocycles. The summed E-state index contributed by atoms with van der Waals surface area (Å²) in [5.74, 6) is 0. The topological polar surface area (TPSA) is 40.5 Å². The third-order valence-electron chi connectivity index (χ3n) is 2.36. The number of aliphatic hydroxyl groups excluding tert-OH is 2. The minimum absolute atomic E-state index is 0.636. The molecule has 1 aromatic rings. The highest BCUT2D eigenvalue weighted by molar-refractivity contribution is 6.32. The average Bonchev–Trinajstić information content (AvgIpc) is 2.23. The van der Waals surface area contributed by atoms with Gasteiger partial charge in [0.2, 0.25) is 0 Å². The van der Waals surface area contributed by atoms with E-state index in [2.05, 4.69) is 0 Å². The summed E-state index contributed by atoms with van der Waals surface area (Å²) in [6.07, 6.45) is 3.24. The molecule has 0 saturated carbocycles. The Labute approximate surface area is 93.1 Å². The van der Waals surface area contributed by atoms with Crippen LogP contribution in [0.2, 0.25) is 5.02 Å². The maximum atomic E-state index is 9.48. The summed E-state index contributed by atoms with van der Waals surface area (Å²) in [6, 6.07) is 7.41. The molecule has 0 radical (unpaired) electrons. The number of aliphatic hydroxyl groups is 2. The third kappa shape index (κ3) is 2.12. The molecule has 2 atom stereocenters. The molecule has 0 bridgehead atoms. The minimum Gasteiger partial charge on any atom is -0.386 e. The predicted molar refractivity (Wildman–Crippen MR) is 60.6 cm³/mol. The standard InChI is InChI=1S/C12H11ClO2/c13-10-4-2-1-3-9(10)8-5-6-11(14)12(15)7-8/h1-7,11-12,14-15H/t11-,12+/m0/s1. The molecule has 1 aliphatic carbocycles. The van der Waals surface area contributed by atoms with E-state index >= 15 is 0 Å². The van der Waals surface area contributed by atoms with Crippen molar-refractivity contribution in [2.24, 2.45) is 0 Å². The fraction of sp³-hybridized carbons (Fsp3) is 0.167. The molecule has 1 aromatic carbocycles. The number of rotatable bonds is 1. The van der Waals surface area contributed by atoms with Crippen molar-refractivity contribution in [2.45, 2.75) is 12.2 Å². The average molecular weight is 223 g/mol. The molecule has 0 spiro atoms. The number of hydrogen-bond donors (Lipinski definition) is 2. The van der Waals surface area contributed by atoms with E-state index in [4.69, 9.17) is 11.6 Å². The maximum absolute atomic E-state index is 9.48. The predicted octanol–water partition coefficient (Wildman–Crippen LogP) is 2.02. The largest absolute Gasteiger partial charge is 0.386 e. The highest BCUT2D eigenvalue weighted by Crippen LogP contribution is 2.27. The van der Waals surface area contributed by atoms with Gasteiger partial charge in [-0.15, -0.1) is 0 Å². The highest BCUT2D eigenvalue weighted by atomic mass is 35.5. The molecular formula is C12H11ClO2. The molecule has 0 fully saturated rings. The summed E-state index contributed by atoms with van der Waals surface area (Å²) in [5.41, 5.74) is 1.69. The molecule has 0 unspecified atom stereocenters. The number of allylic oxidation sites excluding steroid dienone is 2. The molecule has 0 heterocycles.